The summed E-state index contributed by atoms with van der Waals surface area (Å²) in [5, 5.41) is 0. The molecule has 0 aliphatic heterocycles. The third kappa shape index (κ3) is 1.67. The maximum atomic E-state index is 6.45. The number of hydrogen-bond donors (Lipinski definition) is 1. The molecule has 0 bridgehead atoms. The number of benzene rings is 1. The van der Waals surface area contributed by atoms with Crippen LogP contribution in [-0.2, 0) is 0 Å². The zero-order valence-electron chi connectivity index (χ0n) is 10.2. The van der Waals surface area contributed by atoms with Crippen LogP contribution in [0.5, 0.6) is 0 Å². The van der Waals surface area contributed by atoms with E-state index in [0.717, 1.165) is 17.8 Å². The van der Waals surface area contributed by atoms with Crippen molar-refractivity contribution in [1.29, 1.82) is 0 Å². The van der Waals surface area contributed by atoms with Gasteiger partial charge in [-0.15, -0.1) is 0 Å². The molecule has 0 aromatic heterocycles. The molecule has 3 atom stereocenters. The molecule has 0 radical (unpaired) electrons. The van der Waals surface area contributed by atoms with E-state index < -0.39 is 0 Å². The van der Waals surface area contributed by atoms with Gasteiger partial charge in [-0.3, -0.25) is 0 Å². The molecule has 3 unspecified atom stereocenters. The first kappa shape index (κ1) is 10.3. The van der Waals surface area contributed by atoms with Crippen LogP contribution < -0.4 is 5.73 Å². The maximum absolute atomic E-state index is 6.45. The van der Waals surface area contributed by atoms with E-state index in [1.165, 1.54) is 36.0 Å². The van der Waals surface area contributed by atoms with Crippen molar-refractivity contribution in [1.82, 2.24) is 0 Å². The van der Waals surface area contributed by atoms with E-state index in [2.05, 4.69) is 32.0 Å². The Morgan fingerprint density at radius 2 is 1.81 bits per heavy atom. The van der Waals surface area contributed by atoms with Gasteiger partial charge in [0, 0.05) is 6.04 Å². The number of aryl methyl sites for hydroxylation is 2. The summed E-state index contributed by atoms with van der Waals surface area (Å²) in [7, 11) is 0. The van der Waals surface area contributed by atoms with Crippen molar-refractivity contribution in [3.8, 4) is 0 Å². The van der Waals surface area contributed by atoms with Crippen molar-refractivity contribution in [3.05, 3.63) is 34.9 Å². The molecule has 2 N–H and O–H groups in total. The maximum Gasteiger partial charge on any atom is 0.0326 e. The van der Waals surface area contributed by atoms with Crippen molar-refractivity contribution in [2.24, 2.45) is 23.5 Å². The van der Waals surface area contributed by atoms with Gasteiger partial charge in [0.2, 0.25) is 0 Å². The van der Waals surface area contributed by atoms with Gasteiger partial charge in [0.1, 0.15) is 0 Å². The highest BCUT2D eigenvalue weighted by atomic mass is 14.7. The van der Waals surface area contributed by atoms with Gasteiger partial charge in [-0.25, -0.2) is 0 Å². The zero-order valence-corrected chi connectivity index (χ0v) is 10.2. The lowest BCUT2D eigenvalue weighted by atomic mass is 9.87. The Bertz CT molecular complexity index is 400. The van der Waals surface area contributed by atoms with Gasteiger partial charge in [0.25, 0.3) is 0 Å². The Balaban J connectivity index is 1.82. The summed E-state index contributed by atoms with van der Waals surface area (Å²) < 4.78 is 0. The van der Waals surface area contributed by atoms with Crippen LogP contribution in [-0.4, -0.2) is 0 Å². The zero-order chi connectivity index (χ0) is 11.3. The van der Waals surface area contributed by atoms with Crippen molar-refractivity contribution >= 4 is 0 Å². The molecule has 1 aromatic carbocycles. The molecule has 16 heavy (non-hydrogen) atoms. The van der Waals surface area contributed by atoms with Gasteiger partial charge in [0.05, 0.1) is 0 Å². The molecule has 3 rings (SSSR count). The van der Waals surface area contributed by atoms with Gasteiger partial charge < -0.3 is 5.73 Å². The van der Waals surface area contributed by atoms with Crippen molar-refractivity contribution < 1.29 is 0 Å². The Morgan fingerprint density at radius 1 is 1.12 bits per heavy atom. The summed E-state index contributed by atoms with van der Waals surface area (Å²) >= 11 is 0. The second-order valence-electron chi connectivity index (χ2n) is 5.87. The molecule has 2 saturated carbocycles. The number of rotatable bonds is 2. The molecule has 0 saturated heterocycles. The van der Waals surface area contributed by atoms with Crippen molar-refractivity contribution in [2.75, 3.05) is 0 Å². The molecule has 1 nitrogen and oxygen atoms in total. The minimum Gasteiger partial charge on any atom is -0.324 e. The van der Waals surface area contributed by atoms with E-state index in [-0.39, 0.29) is 6.04 Å². The summed E-state index contributed by atoms with van der Waals surface area (Å²) in [6.07, 6.45) is 4.23. The first-order valence-electron chi connectivity index (χ1n) is 6.48. The summed E-state index contributed by atoms with van der Waals surface area (Å²) in [6.45, 7) is 4.34. The predicted molar refractivity (Wildman–Crippen MR) is 67.2 cm³/mol. The topological polar surface area (TPSA) is 26.0 Å². The van der Waals surface area contributed by atoms with Crippen LogP contribution in [0.4, 0.5) is 0 Å². The largest absolute Gasteiger partial charge is 0.324 e. The van der Waals surface area contributed by atoms with Crippen LogP contribution in [0.1, 0.15) is 42.0 Å². The van der Waals surface area contributed by atoms with Crippen LogP contribution in [0, 0.1) is 31.6 Å². The fourth-order valence-corrected chi connectivity index (χ4v) is 3.43. The lowest BCUT2D eigenvalue weighted by Gasteiger charge is -2.23. The van der Waals surface area contributed by atoms with E-state index in [4.69, 9.17) is 5.73 Å². The second kappa shape index (κ2) is 3.59. The van der Waals surface area contributed by atoms with E-state index >= 15 is 0 Å². The van der Waals surface area contributed by atoms with E-state index in [1.807, 2.05) is 0 Å². The molecular formula is C15H21N. The Hall–Kier alpha value is -0.820. The van der Waals surface area contributed by atoms with Crippen LogP contribution in [0.3, 0.4) is 0 Å². The third-order valence-electron chi connectivity index (χ3n) is 4.58. The summed E-state index contributed by atoms with van der Waals surface area (Å²) in [4.78, 5) is 0. The lowest BCUT2D eigenvalue weighted by Crippen LogP contribution is -2.21. The molecule has 1 aromatic rings. The average Bonchev–Trinajstić information content (AvgIpc) is 2.88. The SMILES string of the molecule is Cc1ccc(C)c(C(N)C2CC3CC3C2)c1. The minimum atomic E-state index is 0.271. The molecule has 2 aliphatic carbocycles. The van der Waals surface area contributed by atoms with E-state index in [1.54, 1.807) is 0 Å². The molecular weight excluding hydrogens is 194 g/mol. The second-order valence-corrected chi connectivity index (χ2v) is 5.87. The third-order valence-corrected chi connectivity index (χ3v) is 4.58. The van der Waals surface area contributed by atoms with Crippen molar-refractivity contribution in [2.45, 2.75) is 39.2 Å². The van der Waals surface area contributed by atoms with E-state index in [0.29, 0.717) is 0 Å². The summed E-state index contributed by atoms with van der Waals surface area (Å²) in [6, 6.07) is 6.94. The van der Waals surface area contributed by atoms with Crippen molar-refractivity contribution in [3.63, 3.8) is 0 Å². The van der Waals surface area contributed by atoms with Gasteiger partial charge in [-0.05, 0) is 62.0 Å². The Kier molecular flexibility index (Phi) is 2.32. The monoisotopic (exact) mass is 215 g/mol. The molecule has 1 heteroatoms. The highest BCUT2D eigenvalue weighted by Crippen LogP contribution is 2.56. The minimum absolute atomic E-state index is 0.271. The standard InChI is InChI=1S/C15H21N/c1-9-3-4-10(2)14(5-9)15(16)13-7-11-6-12(11)8-13/h3-5,11-13,15H,6-8,16H2,1-2H3. The number of nitrogens with two attached hydrogens (primary N) is 1. The van der Waals surface area contributed by atoms with Gasteiger partial charge in [-0.1, -0.05) is 23.8 Å². The number of hydrogen-bond acceptors (Lipinski definition) is 1. The Labute approximate surface area is 98.0 Å². The number of fused-ring (bicyclic) bond motifs is 1. The highest BCUT2D eigenvalue weighted by Gasteiger charge is 2.47. The Morgan fingerprint density at radius 3 is 2.50 bits per heavy atom. The van der Waals surface area contributed by atoms with Crippen LogP contribution in [0.15, 0.2) is 18.2 Å². The quantitative estimate of drug-likeness (QED) is 0.804. The van der Waals surface area contributed by atoms with Crippen LogP contribution in [0.2, 0.25) is 0 Å². The fourth-order valence-electron chi connectivity index (χ4n) is 3.43. The van der Waals surface area contributed by atoms with Crippen LogP contribution >= 0.6 is 0 Å². The highest BCUT2D eigenvalue weighted by molar-refractivity contribution is 5.33. The average molecular weight is 215 g/mol. The molecule has 0 heterocycles. The molecule has 2 aliphatic rings. The lowest BCUT2D eigenvalue weighted by molar-refractivity contribution is 0.403. The molecule has 2 fully saturated rings. The van der Waals surface area contributed by atoms with Gasteiger partial charge in [-0.2, -0.15) is 0 Å². The molecule has 0 spiro atoms. The fraction of sp³-hybridized carbons (Fsp3) is 0.600. The first-order valence-corrected chi connectivity index (χ1v) is 6.48. The summed E-state index contributed by atoms with van der Waals surface area (Å²) in [5.74, 6) is 2.80. The normalized spacial score (nSPS) is 33.6. The van der Waals surface area contributed by atoms with Crippen LogP contribution in [0.25, 0.3) is 0 Å². The molecule has 86 valence electrons. The molecule has 0 amide bonds. The smallest absolute Gasteiger partial charge is 0.0326 e. The first-order chi connectivity index (χ1) is 7.65. The van der Waals surface area contributed by atoms with Gasteiger partial charge >= 0.3 is 0 Å². The summed E-state index contributed by atoms with van der Waals surface area (Å²) in [5.41, 5.74) is 10.5. The van der Waals surface area contributed by atoms with E-state index in [9.17, 15) is 0 Å². The predicted octanol–water partition coefficient (Wildman–Crippen LogP) is 3.35. The van der Waals surface area contributed by atoms with Gasteiger partial charge in [0.15, 0.2) is 0 Å².